The predicted octanol–water partition coefficient (Wildman–Crippen LogP) is 0.750. The van der Waals surface area contributed by atoms with E-state index in [0.717, 1.165) is 25.3 Å². The molecule has 0 aliphatic carbocycles. The molecule has 2 heterocycles. The number of hydrogen-bond donors (Lipinski definition) is 1. The zero-order valence-electron chi connectivity index (χ0n) is 14.2. The molecule has 0 bridgehead atoms. The molecule has 0 radical (unpaired) electrons. The first-order valence-electron chi connectivity index (χ1n) is 8.55. The van der Waals surface area contributed by atoms with Crippen LogP contribution in [0.3, 0.4) is 0 Å². The molecule has 2 aliphatic heterocycles. The van der Waals surface area contributed by atoms with E-state index < -0.39 is 5.60 Å². The number of likely N-dealkylation sites (tertiary alicyclic amines) is 2. The lowest BCUT2D eigenvalue weighted by Crippen LogP contribution is -2.64. The monoisotopic (exact) mass is 334 g/mol. The summed E-state index contributed by atoms with van der Waals surface area (Å²) < 4.78 is 10.9. The van der Waals surface area contributed by atoms with Crippen molar-refractivity contribution in [2.75, 3.05) is 46.4 Å². The molecule has 2 aliphatic rings. The van der Waals surface area contributed by atoms with Crippen molar-refractivity contribution in [2.45, 2.75) is 24.5 Å². The van der Waals surface area contributed by atoms with Crippen LogP contribution in [0.15, 0.2) is 30.3 Å². The molecule has 24 heavy (non-hydrogen) atoms. The molecule has 132 valence electrons. The van der Waals surface area contributed by atoms with Crippen molar-refractivity contribution < 1.29 is 19.4 Å². The number of hydrogen-bond acceptors (Lipinski definition) is 5. The normalized spacial score (nSPS) is 25.6. The van der Waals surface area contributed by atoms with Gasteiger partial charge in [-0.05, 0) is 25.0 Å². The maximum atomic E-state index is 12.6. The van der Waals surface area contributed by atoms with Crippen LogP contribution >= 0.6 is 0 Å². The second-order valence-electron chi connectivity index (χ2n) is 6.67. The topological polar surface area (TPSA) is 62.2 Å². The number of nitrogens with zero attached hydrogens (tertiary/aromatic N) is 2. The summed E-state index contributed by atoms with van der Waals surface area (Å²) in [7, 11) is 1.62. The van der Waals surface area contributed by atoms with Gasteiger partial charge in [0.25, 0.3) is 5.91 Å². The fraction of sp³-hybridized carbons (Fsp3) is 0.611. The molecular weight excluding hydrogens is 308 g/mol. The number of methoxy groups -OCH3 is 1. The van der Waals surface area contributed by atoms with Crippen molar-refractivity contribution >= 4 is 5.91 Å². The number of piperidine rings is 1. The fourth-order valence-electron chi connectivity index (χ4n) is 3.41. The highest BCUT2D eigenvalue weighted by molar-refractivity contribution is 5.86. The fourth-order valence-corrected chi connectivity index (χ4v) is 3.41. The van der Waals surface area contributed by atoms with Crippen molar-refractivity contribution in [1.82, 2.24) is 9.80 Å². The summed E-state index contributed by atoms with van der Waals surface area (Å²) in [5.41, 5.74) is -1.27. The highest BCUT2D eigenvalue weighted by atomic mass is 16.5. The van der Waals surface area contributed by atoms with E-state index in [2.05, 4.69) is 4.90 Å². The average Bonchev–Trinajstić information content (AvgIpc) is 2.55. The molecule has 0 spiro atoms. The third-order valence-electron chi connectivity index (χ3n) is 4.72. The molecule has 6 nitrogen and oxygen atoms in total. The molecule has 1 amide bonds. The summed E-state index contributed by atoms with van der Waals surface area (Å²) in [6.07, 6.45) is 1.47. The first-order valence-corrected chi connectivity index (χ1v) is 8.55. The Morgan fingerprint density at radius 1 is 1.29 bits per heavy atom. The van der Waals surface area contributed by atoms with E-state index in [-0.39, 0.29) is 12.0 Å². The van der Waals surface area contributed by atoms with Crippen LogP contribution in [0.2, 0.25) is 0 Å². The van der Waals surface area contributed by atoms with E-state index in [0.29, 0.717) is 32.7 Å². The largest absolute Gasteiger partial charge is 0.488 e. The highest BCUT2D eigenvalue weighted by Crippen LogP contribution is 2.26. The van der Waals surface area contributed by atoms with Crippen LogP contribution in [0.1, 0.15) is 12.8 Å². The van der Waals surface area contributed by atoms with Gasteiger partial charge in [0, 0.05) is 39.8 Å². The lowest BCUT2D eigenvalue weighted by atomic mass is 9.90. The smallest absolute Gasteiger partial charge is 0.255 e. The van der Waals surface area contributed by atoms with Gasteiger partial charge in [0.05, 0.1) is 6.61 Å². The Bertz CT molecular complexity index is 547. The number of amides is 1. The molecule has 1 aromatic rings. The molecule has 1 atom stereocenters. The Balaban J connectivity index is 1.48. The average molecular weight is 334 g/mol. The van der Waals surface area contributed by atoms with E-state index in [9.17, 15) is 9.90 Å². The lowest BCUT2D eigenvalue weighted by molar-refractivity contribution is -0.163. The number of benzene rings is 1. The van der Waals surface area contributed by atoms with Crippen molar-refractivity contribution in [3.63, 3.8) is 0 Å². The molecule has 1 N–H and O–H groups in total. The van der Waals surface area contributed by atoms with Crippen LogP contribution in [0.25, 0.3) is 0 Å². The first-order chi connectivity index (χ1) is 11.6. The molecule has 2 fully saturated rings. The summed E-state index contributed by atoms with van der Waals surface area (Å²) in [6.45, 7) is 3.59. The minimum atomic E-state index is -1.27. The molecule has 6 heteroatoms. The zero-order valence-corrected chi connectivity index (χ0v) is 14.2. The Labute approximate surface area is 143 Å². The minimum Gasteiger partial charge on any atom is -0.488 e. The Morgan fingerprint density at radius 3 is 2.75 bits per heavy atom. The van der Waals surface area contributed by atoms with Gasteiger partial charge in [0.1, 0.15) is 11.9 Å². The van der Waals surface area contributed by atoms with Crippen LogP contribution in [-0.2, 0) is 9.53 Å². The number of carbonyl (C=O) groups excluding carboxylic acids is 1. The summed E-state index contributed by atoms with van der Waals surface area (Å²) in [6, 6.07) is 9.73. The third kappa shape index (κ3) is 3.88. The zero-order chi connectivity index (χ0) is 17.0. The maximum absolute atomic E-state index is 12.6. The summed E-state index contributed by atoms with van der Waals surface area (Å²) in [5, 5.41) is 10.8. The van der Waals surface area contributed by atoms with Gasteiger partial charge in [-0.15, -0.1) is 0 Å². The predicted molar refractivity (Wildman–Crippen MR) is 89.9 cm³/mol. The van der Waals surface area contributed by atoms with Crippen LogP contribution < -0.4 is 4.74 Å². The van der Waals surface area contributed by atoms with Crippen LogP contribution in [0.5, 0.6) is 5.75 Å². The van der Waals surface area contributed by atoms with Gasteiger partial charge in [0.2, 0.25) is 0 Å². The molecule has 2 saturated heterocycles. The van der Waals surface area contributed by atoms with E-state index in [1.54, 1.807) is 12.0 Å². The number of para-hydroxylation sites is 1. The van der Waals surface area contributed by atoms with Crippen LogP contribution in [0.4, 0.5) is 0 Å². The second kappa shape index (κ2) is 7.51. The molecule has 0 saturated carbocycles. The maximum Gasteiger partial charge on any atom is 0.255 e. The molecular formula is C18H26N2O4. The SMILES string of the molecule is COCCN1CCC[C@](O)(CN2CC(Oc3ccccc3)C2)C1=O. The lowest BCUT2D eigenvalue weighted by Gasteiger charge is -2.45. The van der Waals surface area contributed by atoms with Gasteiger partial charge < -0.3 is 19.5 Å². The van der Waals surface area contributed by atoms with Gasteiger partial charge in [0.15, 0.2) is 5.60 Å². The molecule has 3 rings (SSSR count). The third-order valence-corrected chi connectivity index (χ3v) is 4.72. The first kappa shape index (κ1) is 17.2. The van der Waals surface area contributed by atoms with Gasteiger partial charge in [-0.3, -0.25) is 9.69 Å². The number of aliphatic hydroxyl groups is 1. The van der Waals surface area contributed by atoms with Crippen molar-refractivity contribution in [3.05, 3.63) is 30.3 Å². The molecule has 0 aromatic heterocycles. The number of ether oxygens (including phenoxy) is 2. The van der Waals surface area contributed by atoms with Gasteiger partial charge in [-0.25, -0.2) is 0 Å². The summed E-state index contributed by atoms with van der Waals surface area (Å²) >= 11 is 0. The van der Waals surface area contributed by atoms with Crippen molar-refractivity contribution in [2.24, 2.45) is 0 Å². The minimum absolute atomic E-state index is 0.124. The highest BCUT2D eigenvalue weighted by Gasteiger charge is 2.45. The van der Waals surface area contributed by atoms with Crippen LogP contribution in [-0.4, -0.2) is 79.0 Å². The van der Waals surface area contributed by atoms with Crippen molar-refractivity contribution in [1.29, 1.82) is 0 Å². The van der Waals surface area contributed by atoms with E-state index >= 15 is 0 Å². The van der Waals surface area contributed by atoms with Gasteiger partial charge >= 0.3 is 0 Å². The number of rotatable bonds is 7. The molecule has 1 aromatic carbocycles. The summed E-state index contributed by atoms with van der Waals surface area (Å²) in [4.78, 5) is 16.4. The molecule has 0 unspecified atom stereocenters. The number of β-amino-alcohol motifs (C(OH)–C–C–N with tert-alkyl or cyclic N) is 1. The van der Waals surface area contributed by atoms with Crippen LogP contribution in [0, 0.1) is 0 Å². The Hall–Kier alpha value is -1.63. The number of carbonyl (C=O) groups is 1. The Kier molecular flexibility index (Phi) is 5.38. The van der Waals surface area contributed by atoms with E-state index in [1.807, 2.05) is 30.3 Å². The second-order valence-corrected chi connectivity index (χ2v) is 6.67. The van der Waals surface area contributed by atoms with Gasteiger partial charge in [-0.1, -0.05) is 18.2 Å². The quantitative estimate of drug-likeness (QED) is 0.797. The Morgan fingerprint density at radius 2 is 2.04 bits per heavy atom. The van der Waals surface area contributed by atoms with E-state index in [1.165, 1.54) is 0 Å². The van der Waals surface area contributed by atoms with Crippen molar-refractivity contribution in [3.8, 4) is 5.75 Å². The standard InChI is InChI=1S/C18H26N2O4/c1-23-11-10-20-9-5-8-18(22,17(20)21)14-19-12-16(13-19)24-15-6-3-2-4-7-15/h2-4,6-7,16,22H,5,8-14H2,1H3/t18-/m0/s1. The van der Waals surface area contributed by atoms with Gasteiger partial charge in [-0.2, -0.15) is 0 Å². The van der Waals surface area contributed by atoms with E-state index in [4.69, 9.17) is 9.47 Å². The summed E-state index contributed by atoms with van der Waals surface area (Å²) in [5.74, 6) is 0.693.